The summed E-state index contributed by atoms with van der Waals surface area (Å²) in [6.07, 6.45) is -17.0. The molecule has 27 heteroatoms. The lowest BCUT2D eigenvalue weighted by Gasteiger charge is -2.43. The monoisotopic (exact) mass is 779 g/mol. The minimum atomic E-state index is -5.73. The number of halogens is 1. The Morgan fingerprint density at radius 1 is 1.16 bits per heavy atom. The highest BCUT2D eigenvalue weighted by atomic mass is 32.5. The van der Waals surface area contributed by atoms with Gasteiger partial charge >= 0.3 is 38.1 Å². The Morgan fingerprint density at radius 2 is 1.78 bits per heavy atom. The van der Waals surface area contributed by atoms with E-state index in [0.717, 1.165) is 37.6 Å². The summed E-state index contributed by atoms with van der Waals surface area (Å²) in [5.41, 5.74) is 5.36. The van der Waals surface area contributed by atoms with Crippen molar-refractivity contribution < 1.29 is 80.4 Å². The van der Waals surface area contributed by atoms with Crippen LogP contribution in [-0.2, 0) is 67.8 Å². The van der Waals surface area contributed by atoms with Crippen LogP contribution in [0.3, 0.4) is 0 Å². The molecule has 12 atom stereocenters. The highest BCUT2D eigenvalue weighted by Crippen LogP contribution is 2.62. The summed E-state index contributed by atoms with van der Waals surface area (Å²) in [7, 11) is -5.73. The molecule has 23 nitrogen and oxygen atoms in total. The molecule has 2 aliphatic rings. The van der Waals surface area contributed by atoms with Gasteiger partial charge in [-0.15, -0.1) is 0 Å². The van der Waals surface area contributed by atoms with Gasteiger partial charge in [0.25, 0.3) is 5.56 Å². The molecular formula is C23H32FN5O18P2S. The number of phosphoric acid groups is 1. The van der Waals surface area contributed by atoms with E-state index in [1.54, 1.807) is 0 Å². The molecule has 1 aromatic heterocycles. The maximum absolute atomic E-state index is 15.2. The standard InChI is InChI=1S/C23H32FN5O18P2S/c1-9(30)40-7-12(24)16-17(42-10(2)31)15(34)18(43-11(3)32)20(45-16)46-48(37,38)47-49(39,50)41-8-13-19(35)23(4,27-28-25)21(44-13)29-6-5-14(33)26-22(29)36/h5-6,12-13,15-21,34-35H,7-8H2,1-4H3,(H,37,38)(H,39,50)(H,26,33,36)/t12-,13+,15?,16?,17?,18?,19+,20?,21+,23+,49?/m0/s1. The maximum atomic E-state index is 15.2. The molecule has 7 unspecified atom stereocenters. The minimum absolute atomic E-state index is 0.775. The molecule has 3 rings (SSSR count). The molecule has 0 amide bonds. The lowest BCUT2D eigenvalue weighted by Crippen LogP contribution is -2.63. The van der Waals surface area contributed by atoms with Crippen molar-refractivity contribution in [1.29, 1.82) is 0 Å². The normalized spacial score (nSPS) is 32.4. The lowest BCUT2D eigenvalue weighted by atomic mass is 9.93. The Kier molecular flexibility index (Phi) is 13.6. The zero-order chi connectivity index (χ0) is 37.8. The Bertz CT molecular complexity index is 1710. The molecule has 0 spiro atoms. The van der Waals surface area contributed by atoms with Crippen molar-refractivity contribution in [2.75, 3.05) is 13.2 Å². The fourth-order valence-electron chi connectivity index (χ4n) is 4.83. The Morgan fingerprint density at radius 3 is 2.34 bits per heavy atom. The summed E-state index contributed by atoms with van der Waals surface area (Å²) >= 11 is 4.77. The molecule has 0 aliphatic carbocycles. The summed E-state index contributed by atoms with van der Waals surface area (Å²) in [4.78, 5) is 84.2. The summed E-state index contributed by atoms with van der Waals surface area (Å²) < 4.78 is 68.7. The van der Waals surface area contributed by atoms with E-state index in [0.29, 0.717) is 0 Å². The first-order valence-corrected chi connectivity index (χ1v) is 18.1. The molecule has 280 valence electrons. The third-order valence-corrected chi connectivity index (χ3v) is 10.4. The largest absolute Gasteiger partial charge is 0.481 e. The number of rotatable bonds is 14. The number of carbonyl (C=O) groups is 3. The molecule has 0 bridgehead atoms. The van der Waals surface area contributed by atoms with Crippen LogP contribution < -0.4 is 11.2 Å². The van der Waals surface area contributed by atoms with Gasteiger partial charge in [0.2, 0.25) is 6.29 Å². The third-order valence-electron chi connectivity index (χ3n) is 6.93. The van der Waals surface area contributed by atoms with Gasteiger partial charge in [-0.25, -0.2) is 18.1 Å². The molecule has 2 fully saturated rings. The first-order chi connectivity index (χ1) is 23.1. The number of aliphatic hydroxyl groups excluding tert-OH is 2. The Hall–Kier alpha value is -3.15. The number of hydrogen-bond acceptors (Lipinski definition) is 18. The highest BCUT2D eigenvalue weighted by molar-refractivity contribution is 8.08. The number of esters is 3. The van der Waals surface area contributed by atoms with E-state index in [9.17, 15) is 48.5 Å². The van der Waals surface area contributed by atoms with E-state index < -0.39 is 118 Å². The molecular weight excluding hydrogens is 747 g/mol. The fraction of sp³-hybridized carbons (Fsp3) is 0.696. The van der Waals surface area contributed by atoms with E-state index in [4.69, 9.17) is 45.3 Å². The fourth-order valence-corrected chi connectivity index (χ4v) is 7.93. The summed E-state index contributed by atoms with van der Waals surface area (Å²) in [5.74, 6) is -3.12. The number of nitrogens with zero attached hydrogens (tertiary/aromatic N) is 4. The minimum Gasteiger partial charge on any atom is -0.463 e. The van der Waals surface area contributed by atoms with Crippen LogP contribution in [0, 0.1) is 0 Å². The van der Waals surface area contributed by atoms with Gasteiger partial charge in [-0.2, -0.15) is 0 Å². The number of ether oxygens (including phenoxy) is 5. The van der Waals surface area contributed by atoms with Gasteiger partial charge < -0.3 is 48.2 Å². The number of aromatic amines is 1. The molecule has 50 heavy (non-hydrogen) atoms. The van der Waals surface area contributed by atoms with Crippen molar-refractivity contribution in [1.82, 2.24) is 9.55 Å². The second-order valence-corrected chi connectivity index (χ2v) is 15.1. The van der Waals surface area contributed by atoms with Crippen molar-refractivity contribution in [3.63, 3.8) is 0 Å². The van der Waals surface area contributed by atoms with Crippen LogP contribution in [0.15, 0.2) is 27.0 Å². The van der Waals surface area contributed by atoms with Crippen LogP contribution in [0.25, 0.3) is 10.4 Å². The smallest absolute Gasteiger partial charge is 0.463 e. The zero-order valence-electron chi connectivity index (χ0n) is 26.2. The van der Waals surface area contributed by atoms with Gasteiger partial charge in [0.05, 0.1) is 12.7 Å². The number of aromatic nitrogens is 2. The van der Waals surface area contributed by atoms with Crippen LogP contribution in [0.4, 0.5) is 4.39 Å². The van der Waals surface area contributed by atoms with Crippen LogP contribution in [0.1, 0.15) is 33.9 Å². The van der Waals surface area contributed by atoms with Gasteiger partial charge in [0.15, 0.2) is 24.6 Å². The van der Waals surface area contributed by atoms with E-state index >= 15 is 4.39 Å². The quantitative estimate of drug-likeness (QED) is 0.0381. The van der Waals surface area contributed by atoms with Crippen LogP contribution in [-0.4, -0.2) is 115 Å². The van der Waals surface area contributed by atoms with Gasteiger partial charge in [-0.05, 0) is 24.3 Å². The SMILES string of the molecule is CC(=O)OC[C@H](F)C1OC(OP(=O)(O)OP(O)(=S)OC[C@H]2O[C@@H](n3ccc(=O)[nH]c3=O)[C@](C)(N=[N+]=[N-])[C@@H]2O)C(OC(C)=O)C(O)C1OC(C)=O. The second-order valence-electron chi connectivity index (χ2n) is 10.8. The van der Waals surface area contributed by atoms with E-state index in [-0.39, 0.29) is 0 Å². The number of H-pyrrole nitrogens is 1. The van der Waals surface area contributed by atoms with Crippen LogP contribution in [0.2, 0.25) is 0 Å². The van der Waals surface area contributed by atoms with E-state index in [2.05, 4.69) is 19.1 Å². The first-order valence-electron chi connectivity index (χ1n) is 14.0. The first kappa shape index (κ1) is 41.3. The highest BCUT2D eigenvalue weighted by Gasteiger charge is 2.56. The number of nitrogens with one attached hydrogen (secondary N) is 1. The Balaban J connectivity index is 1.81. The number of alkyl halides is 1. The topological polar surface area (TPSA) is 327 Å². The van der Waals surface area contributed by atoms with Crippen molar-refractivity contribution in [2.24, 2.45) is 5.11 Å². The predicted octanol–water partition coefficient (Wildman–Crippen LogP) is -0.919. The summed E-state index contributed by atoms with van der Waals surface area (Å²) in [5, 5.41) is 25.3. The number of hydrogen-bond donors (Lipinski definition) is 5. The number of azide groups is 1. The number of phosphoric ester groups is 1. The van der Waals surface area contributed by atoms with Gasteiger partial charge in [0, 0.05) is 37.9 Å². The average molecular weight is 780 g/mol. The molecule has 1 aromatic rings. The maximum Gasteiger partial charge on any atom is 0.481 e. The molecule has 2 aliphatic heterocycles. The number of carbonyl (C=O) groups excluding carboxylic acids is 3. The van der Waals surface area contributed by atoms with Crippen LogP contribution in [0.5, 0.6) is 0 Å². The van der Waals surface area contributed by atoms with Gasteiger partial charge in [0.1, 0.15) is 30.5 Å². The molecule has 3 heterocycles. The zero-order valence-corrected chi connectivity index (χ0v) is 28.8. The summed E-state index contributed by atoms with van der Waals surface area (Å²) in [6, 6.07) is 0.936. The van der Waals surface area contributed by atoms with Gasteiger partial charge in [-0.3, -0.25) is 33.3 Å². The van der Waals surface area contributed by atoms with Gasteiger partial charge in [-0.1, -0.05) is 5.11 Å². The van der Waals surface area contributed by atoms with Crippen molar-refractivity contribution in [3.8, 4) is 0 Å². The predicted molar refractivity (Wildman–Crippen MR) is 161 cm³/mol. The molecule has 2 saturated heterocycles. The third kappa shape index (κ3) is 10.2. The molecule has 0 radical (unpaired) electrons. The molecule has 0 aromatic carbocycles. The Labute approximate surface area is 284 Å². The van der Waals surface area contributed by atoms with Crippen molar-refractivity contribution in [3.05, 3.63) is 43.5 Å². The van der Waals surface area contributed by atoms with Crippen molar-refractivity contribution in [2.45, 2.75) is 88.5 Å². The molecule has 0 saturated carbocycles. The lowest BCUT2D eigenvalue weighted by molar-refractivity contribution is -0.293. The average Bonchev–Trinajstić information content (AvgIpc) is 3.22. The van der Waals surface area contributed by atoms with Crippen LogP contribution >= 0.6 is 14.5 Å². The van der Waals surface area contributed by atoms with E-state index in [1.165, 1.54) is 6.92 Å². The molecule has 5 N–H and O–H groups in total. The van der Waals surface area contributed by atoms with Crippen molar-refractivity contribution >= 4 is 44.3 Å². The number of aliphatic hydroxyl groups is 2. The second kappa shape index (κ2) is 16.5. The van der Waals surface area contributed by atoms with E-state index in [1.807, 2.05) is 4.98 Å². The summed E-state index contributed by atoms with van der Waals surface area (Å²) in [6.45, 7) is -3.02.